The molecule has 1 aromatic heterocycles. The number of aromatic carboxylic acids is 1. The van der Waals surface area contributed by atoms with E-state index in [1.807, 2.05) is 11.9 Å². The predicted molar refractivity (Wildman–Crippen MR) is 74.7 cm³/mol. The van der Waals surface area contributed by atoms with Crippen molar-refractivity contribution in [1.82, 2.24) is 9.88 Å². The Hall–Kier alpha value is -1.62. The summed E-state index contributed by atoms with van der Waals surface area (Å²) in [4.78, 5) is 19.4. The Kier molecular flexibility index (Phi) is 3.75. The zero-order valence-corrected chi connectivity index (χ0v) is 11.8. The first kappa shape index (κ1) is 13.8. The van der Waals surface area contributed by atoms with Crippen molar-refractivity contribution in [1.29, 1.82) is 0 Å². The van der Waals surface area contributed by atoms with E-state index in [0.717, 1.165) is 25.1 Å². The predicted octanol–water partition coefficient (Wildman–Crippen LogP) is 1.70. The topological polar surface area (TPSA) is 56.7 Å². The highest BCUT2D eigenvalue weighted by Gasteiger charge is 2.40. The van der Waals surface area contributed by atoms with Crippen molar-refractivity contribution < 1.29 is 9.90 Å². The summed E-state index contributed by atoms with van der Waals surface area (Å²) >= 11 is 0. The molecule has 1 aliphatic rings. The monoisotopic (exact) mass is 263 g/mol. The standard InChI is InChI=1S/C14H21N3O2/c1-16(2)14(6-4-7-14)10-17(3)12-5-8-15-9-11(12)13(18)19/h5,8-9H,4,6-7,10H2,1-3H3,(H,18,19). The van der Waals surface area contributed by atoms with Gasteiger partial charge < -0.3 is 14.9 Å². The van der Waals surface area contributed by atoms with Crippen LogP contribution in [-0.2, 0) is 0 Å². The van der Waals surface area contributed by atoms with Gasteiger partial charge in [0, 0.05) is 31.5 Å². The number of carboxylic acids is 1. The van der Waals surface area contributed by atoms with Gasteiger partial charge in [-0.25, -0.2) is 4.79 Å². The third kappa shape index (κ3) is 2.56. The van der Waals surface area contributed by atoms with E-state index in [2.05, 4.69) is 24.0 Å². The Morgan fingerprint density at radius 3 is 2.58 bits per heavy atom. The molecule has 1 aromatic rings. The molecule has 0 radical (unpaired) electrons. The van der Waals surface area contributed by atoms with Gasteiger partial charge in [0.15, 0.2) is 0 Å². The van der Waals surface area contributed by atoms with Crippen LogP contribution < -0.4 is 4.90 Å². The lowest BCUT2D eigenvalue weighted by molar-refractivity contribution is 0.0670. The smallest absolute Gasteiger partial charge is 0.339 e. The van der Waals surface area contributed by atoms with Crippen LogP contribution in [0.3, 0.4) is 0 Å². The number of rotatable bonds is 5. The van der Waals surface area contributed by atoms with E-state index in [1.54, 1.807) is 12.3 Å². The molecular formula is C14H21N3O2. The van der Waals surface area contributed by atoms with Gasteiger partial charge in [-0.3, -0.25) is 4.98 Å². The van der Waals surface area contributed by atoms with Crippen LogP contribution in [-0.4, -0.2) is 54.2 Å². The second kappa shape index (κ2) is 5.17. The lowest BCUT2D eigenvalue weighted by atomic mass is 9.75. The van der Waals surface area contributed by atoms with Gasteiger partial charge in [-0.15, -0.1) is 0 Å². The van der Waals surface area contributed by atoms with Crippen LogP contribution in [0.5, 0.6) is 0 Å². The van der Waals surface area contributed by atoms with Gasteiger partial charge in [0.2, 0.25) is 0 Å². The zero-order chi connectivity index (χ0) is 14.0. The number of likely N-dealkylation sites (N-methyl/N-ethyl adjacent to an activating group) is 2. The van der Waals surface area contributed by atoms with Gasteiger partial charge in [-0.05, 0) is 39.4 Å². The van der Waals surface area contributed by atoms with Crippen LogP contribution in [0, 0.1) is 0 Å². The molecule has 0 bridgehead atoms. The molecule has 5 heteroatoms. The first-order chi connectivity index (χ1) is 8.96. The first-order valence-electron chi connectivity index (χ1n) is 6.52. The first-order valence-corrected chi connectivity index (χ1v) is 6.52. The largest absolute Gasteiger partial charge is 0.478 e. The summed E-state index contributed by atoms with van der Waals surface area (Å²) in [5, 5.41) is 9.22. The van der Waals surface area contributed by atoms with Gasteiger partial charge in [0.05, 0.1) is 5.69 Å². The maximum absolute atomic E-state index is 11.2. The molecule has 2 rings (SSSR count). The maximum Gasteiger partial charge on any atom is 0.339 e. The fraction of sp³-hybridized carbons (Fsp3) is 0.571. The molecule has 19 heavy (non-hydrogen) atoms. The number of anilines is 1. The molecule has 0 amide bonds. The second-order valence-corrected chi connectivity index (χ2v) is 5.53. The lowest BCUT2D eigenvalue weighted by Crippen LogP contribution is -2.56. The van der Waals surface area contributed by atoms with Gasteiger partial charge >= 0.3 is 5.97 Å². The molecule has 5 nitrogen and oxygen atoms in total. The van der Waals surface area contributed by atoms with Crippen molar-refractivity contribution >= 4 is 11.7 Å². The Bertz CT molecular complexity index is 470. The molecule has 0 aliphatic heterocycles. The van der Waals surface area contributed by atoms with Crippen molar-refractivity contribution in [2.45, 2.75) is 24.8 Å². The third-order valence-corrected chi connectivity index (χ3v) is 4.20. The SMILES string of the molecule is CN(CC1(N(C)C)CCC1)c1ccncc1C(=O)O. The summed E-state index contributed by atoms with van der Waals surface area (Å²) in [5.74, 6) is -0.928. The average molecular weight is 263 g/mol. The summed E-state index contributed by atoms with van der Waals surface area (Å²) in [6.45, 7) is 0.838. The van der Waals surface area contributed by atoms with E-state index in [-0.39, 0.29) is 11.1 Å². The van der Waals surface area contributed by atoms with Crippen molar-refractivity contribution in [3.05, 3.63) is 24.0 Å². The Balaban J connectivity index is 2.20. The molecule has 1 N–H and O–H groups in total. The van der Waals surface area contributed by atoms with Gasteiger partial charge in [-0.1, -0.05) is 0 Å². The molecule has 1 fully saturated rings. The van der Waals surface area contributed by atoms with E-state index in [4.69, 9.17) is 0 Å². The number of carbonyl (C=O) groups is 1. The minimum absolute atomic E-state index is 0.174. The summed E-state index contributed by atoms with van der Waals surface area (Å²) in [6.07, 6.45) is 6.63. The van der Waals surface area contributed by atoms with E-state index < -0.39 is 5.97 Å². The van der Waals surface area contributed by atoms with Crippen LogP contribution in [0.2, 0.25) is 0 Å². The molecule has 0 atom stereocenters. The van der Waals surface area contributed by atoms with Crippen LogP contribution in [0.15, 0.2) is 18.5 Å². The number of hydrogen-bond donors (Lipinski definition) is 1. The molecule has 0 unspecified atom stereocenters. The minimum Gasteiger partial charge on any atom is -0.478 e. The van der Waals surface area contributed by atoms with Gasteiger partial charge in [0.25, 0.3) is 0 Å². The fourth-order valence-corrected chi connectivity index (χ4v) is 2.74. The fourth-order valence-electron chi connectivity index (χ4n) is 2.74. The van der Waals surface area contributed by atoms with Crippen molar-refractivity contribution in [3.8, 4) is 0 Å². The Morgan fingerprint density at radius 1 is 1.42 bits per heavy atom. The zero-order valence-electron chi connectivity index (χ0n) is 11.8. The maximum atomic E-state index is 11.2. The highest BCUT2D eigenvalue weighted by molar-refractivity contribution is 5.93. The van der Waals surface area contributed by atoms with E-state index in [9.17, 15) is 9.90 Å². The van der Waals surface area contributed by atoms with E-state index >= 15 is 0 Å². The summed E-state index contributed by atoms with van der Waals surface area (Å²) < 4.78 is 0. The normalized spacial score (nSPS) is 17.1. The van der Waals surface area contributed by atoms with Gasteiger partial charge in [-0.2, -0.15) is 0 Å². The molecule has 1 aliphatic carbocycles. The number of hydrogen-bond acceptors (Lipinski definition) is 4. The van der Waals surface area contributed by atoms with Crippen molar-refractivity contribution in [3.63, 3.8) is 0 Å². The third-order valence-electron chi connectivity index (χ3n) is 4.20. The Morgan fingerprint density at radius 2 is 2.11 bits per heavy atom. The van der Waals surface area contributed by atoms with E-state index in [0.29, 0.717) is 0 Å². The van der Waals surface area contributed by atoms with Crippen LogP contribution in [0.25, 0.3) is 0 Å². The van der Waals surface area contributed by atoms with E-state index in [1.165, 1.54) is 12.6 Å². The highest BCUT2D eigenvalue weighted by atomic mass is 16.4. The molecular weight excluding hydrogens is 242 g/mol. The van der Waals surface area contributed by atoms with Crippen LogP contribution in [0.4, 0.5) is 5.69 Å². The van der Waals surface area contributed by atoms with Crippen molar-refractivity contribution in [2.75, 3.05) is 32.6 Å². The number of nitrogens with zero attached hydrogens (tertiary/aromatic N) is 3. The molecule has 104 valence electrons. The summed E-state index contributed by atoms with van der Waals surface area (Å²) in [7, 11) is 6.14. The van der Waals surface area contributed by atoms with Gasteiger partial charge in [0.1, 0.15) is 5.56 Å². The Labute approximate surface area is 113 Å². The number of pyridine rings is 1. The number of aromatic nitrogens is 1. The summed E-state index contributed by atoms with van der Waals surface area (Å²) in [6, 6.07) is 1.77. The van der Waals surface area contributed by atoms with Crippen molar-refractivity contribution in [2.24, 2.45) is 0 Å². The lowest BCUT2D eigenvalue weighted by Gasteiger charge is -2.49. The number of carboxylic acid groups (broad SMARTS) is 1. The summed E-state index contributed by atoms with van der Waals surface area (Å²) in [5.41, 5.74) is 1.17. The molecule has 0 saturated heterocycles. The minimum atomic E-state index is -0.928. The molecule has 1 heterocycles. The second-order valence-electron chi connectivity index (χ2n) is 5.53. The average Bonchev–Trinajstić information content (AvgIpc) is 2.33. The highest BCUT2D eigenvalue weighted by Crippen LogP contribution is 2.37. The van der Waals surface area contributed by atoms with Crippen LogP contribution >= 0.6 is 0 Å². The van der Waals surface area contributed by atoms with Crippen LogP contribution in [0.1, 0.15) is 29.6 Å². The molecule has 1 saturated carbocycles. The molecule has 0 spiro atoms. The quantitative estimate of drug-likeness (QED) is 0.876. The molecule has 0 aromatic carbocycles.